The number of ether oxygens (including phenoxy) is 1. The van der Waals surface area contributed by atoms with Crippen molar-refractivity contribution in [2.24, 2.45) is 0 Å². The number of rotatable bonds is 6. The fourth-order valence-electron chi connectivity index (χ4n) is 3.02. The third-order valence-electron chi connectivity index (χ3n) is 4.20. The summed E-state index contributed by atoms with van der Waals surface area (Å²) in [5.41, 5.74) is 3.27. The van der Waals surface area contributed by atoms with E-state index in [0.29, 0.717) is 28.9 Å². The lowest BCUT2D eigenvalue weighted by Crippen LogP contribution is -2.08. The van der Waals surface area contributed by atoms with Crippen molar-refractivity contribution < 1.29 is 14.3 Å². The first-order valence-electron chi connectivity index (χ1n) is 8.18. The van der Waals surface area contributed by atoms with Crippen LogP contribution in [0.15, 0.2) is 42.5 Å². The van der Waals surface area contributed by atoms with Gasteiger partial charge in [0.2, 0.25) is 0 Å². The molecule has 1 aliphatic carbocycles. The molecule has 0 saturated carbocycles. The maximum atomic E-state index is 12.4. The van der Waals surface area contributed by atoms with Gasteiger partial charge in [0.1, 0.15) is 0 Å². The number of benzene rings is 2. The molecule has 0 aliphatic heterocycles. The van der Waals surface area contributed by atoms with Gasteiger partial charge in [-0.15, -0.1) is 0 Å². The number of hydrogen-bond acceptors (Lipinski definition) is 3. The summed E-state index contributed by atoms with van der Waals surface area (Å²) >= 11 is 0. The van der Waals surface area contributed by atoms with Crippen LogP contribution < -0.4 is 0 Å². The molecule has 3 nitrogen and oxygen atoms in total. The molecule has 0 aromatic heterocycles. The van der Waals surface area contributed by atoms with Crippen molar-refractivity contribution in [1.29, 1.82) is 0 Å². The van der Waals surface area contributed by atoms with Gasteiger partial charge in [-0.25, -0.2) is 4.79 Å². The standard InChI is InChI=1S/C20H20O3/c1-2-3-4-7-13-23-20(22)17-12-8-11-16-18(17)14-9-5-6-10-15(14)19(16)21/h5-6,8-12H,2-4,7,13H2,1H3. The van der Waals surface area contributed by atoms with Crippen LogP contribution in [0.25, 0.3) is 11.1 Å². The third kappa shape index (κ3) is 2.91. The van der Waals surface area contributed by atoms with E-state index in [2.05, 4.69) is 6.92 Å². The summed E-state index contributed by atoms with van der Waals surface area (Å²) < 4.78 is 5.40. The molecule has 0 N–H and O–H groups in total. The van der Waals surface area contributed by atoms with Crippen LogP contribution in [0.3, 0.4) is 0 Å². The second-order valence-corrected chi connectivity index (χ2v) is 5.80. The Bertz CT molecular complexity index is 746. The Morgan fingerprint density at radius 1 is 0.913 bits per heavy atom. The maximum absolute atomic E-state index is 12.4. The molecule has 0 heterocycles. The number of fused-ring (bicyclic) bond motifs is 3. The van der Waals surface area contributed by atoms with Crippen LogP contribution in [0.1, 0.15) is 58.9 Å². The molecule has 23 heavy (non-hydrogen) atoms. The van der Waals surface area contributed by atoms with E-state index in [1.165, 1.54) is 0 Å². The van der Waals surface area contributed by atoms with E-state index in [9.17, 15) is 9.59 Å². The van der Waals surface area contributed by atoms with Gasteiger partial charge in [0.05, 0.1) is 12.2 Å². The Morgan fingerprint density at radius 2 is 1.65 bits per heavy atom. The number of esters is 1. The van der Waals surface area contributed by atoms with E-state index < -0.39 is 0 Å². The average molecular weight is 308 g/mol. The largest absolute Gasteiger partial charge is 0.462 e. The summed E-state index contributed by atoms with van der Waals surface area (Å²) in [7, 11) is 0. The van der Waals surface area contributed by atoms with Crippen LogP contribution in [-0.4, -0.2) is 18.4 Å². The van der Waals surface area contributed by atoms with Crippen LogP contribution in [-0.2, 0) is 4.74 Å². The molecule has 118 valence electrons. The molecule has 0 unspecified atom stereocenters. The van der Waals surface area contributed by atoms with E-state index in [4.69, 9.17) is 4.74 Å². The highest BCUT2D eigenvalue weighted by Gasteiger charge is 2.30. The zero-order valence-corrected chi connectivity index (χ0v) is 13.3. The van der Waals surface area contributed by atoms with E-state index in [-0.39, 0.29) is 11.8 Å². The molecule has 0 saturated heterocycles. The van der Waals surface area contributed by atoms with E-state index in [0.717, 1.165) is 31.2 Å². The van der Waals surface area contributed by atoms with Crippen LogP contribution in [0.2, 0.25) is 0 Å². The van der Waals surface area contributed by atoms with Gasteiger partial charge in [0.25, 0.3) is 0 Å². The molecule has 0 bridgehead atoms. The second-order valence-electron chi connectivity index (χ2n) is 5.80. The zero-order valence-electron chi connectivity index (χ0n) is 13.3. The Hall–Kier alpha value is -2.42. The van der Waals surface area contributed by atoms with Crippen molar-refractivity contribution in [3.05, 3.63) is 59.2 Å². The minimum atomic E-state index is -0.345. The van der Waals surface area contributed by atoms with Crippen molar-refractivity contribution in [2.75, 3.05) is 6.61 Å². The smallest absolute Gasteiger partial charge is 0.338 e. The topological polar surface area (TPSA) is 43.4 Å². The third-order valence-corrected chi connectivity index (χ3v) is 4.20. The van der Waals surface area contributed by atoms with Gasteiger partial charge in [-0.2, -0.15) is 0 Å². The summed E-state index contributed by atoms with van der Waals surface area (Å²) in [4.78, 5) is 24.9. The van der Waals surface area contributed by atoms with Crippen molar-refractivity contribution in [2.45, 2.75) is 32.6 Å². The maximum Gasteiger partial charge on any atom is 0.338 e. The zero-order chi connectivity index (χ0) is 16.2. The first kappa shape index (κ1) is 15.5. The summed E-state index contributed by atoms with van der Waals surface area (Å²) in [6.45, 7) is 2.58. The molecule has 0 spiro atoms. The normalized spacial score (nSPS) is 12.0. The Labute approximate surface area is 136 Å². The summed E-state index contributed by atoms with van der Waals surface area (Å²) in [5.74, 6) is -0.365. The number of hydrogen-bond donors (Lipinski definition) is 0. The fourth-order valence-corrected chi connectivity index (χ4v) is 3.02. The van der Waals surface area contributed by atoms with Crippen molar-refractivity contribution in [3.8, 4) is 11.1 Å². The van der Waals surface area contributed by atoms with Gasteiger partial charge in [0.15, 0.2) is 5.78 Å². The average Bonchev–Trinajstić information content (AvgIpc) is 2.88. The van der Waals surface area contributed by atoms with Crippen molar-refractivity contribution in [1.82, 2.24) is 0 Å². The van der Waals surface area contributed by atoms with Crippen LogP contribution in [0, 0.1) is 0 Å². The highest BCUT2D eigenvalue weighted by atomic mass is 16.5. The molecule has 2 aromatic rings. The Balaban J connectivity index is 1.84. The molecule has 3 heteroatoms. The lowest BCUT2D eigenvalue weighted by Gasteiger charge is -2.09. The van der Waals surface area contributed by atoms with Gasteiger partial charge >= 0.3 is 5.97 Å². The van der Waals surface area contributed by atoms with Crippen LogP contribution in [0.5, 0.6) is 0 Å². The first-order valence-corrected chi connectivity index (χ1v) is 8.18. The van der Waals surface area contributed by atoms with E-state index in [1.54, 1.807) is 24.3 Å². The molecular weight excluding hydrogens is 288 g/mol. The quantitative estimate of drug-likeness (QED) is 0.492. The van der Waals surface area contributed by atoms with Gasteiger partial charge < -0.3 is 4.74 Å². The van der Waals surface area contributed by atoms with Crippen molar-refractivity contribution >= 4 is 11.8 Å². The van der Waals surface area contributed by atoms with Crippen LogP contribution >= 0.6 is 0 Å². The SMILES string of the molecule is CCCCCCOC(=O)c1cccc2c1-c1ccccc1C2=O. The lowest BCUT2D eigenvalue weighted by molar-refractivity contribution is 0.0498. The summed E-state index contributed by atoms with van der Waals surface area (Å²) in [6, 6.07) is 12.7. The molecule has 0 amide bonds. The van der Waals surface area contributed by atoms with Gasteiger partial charge in [-0.1, -0.05) is 62.6 Å². The molecule has 0 atom stereocenters. The number of ketones is 1. The molecule has 0 radical (unpaired) electrons. The lowest BCUT2D eigenvalue weighted by atomic mass is 9.99. The van der Waals surface area contributed by atoms with Crippen LogP contribution in [0.4, 0.5) is 0 Å². The number of unbranched alkanes of at least 4 members (excludes halogenated alkanes) is 3. The Morgan fingerprint density at radius 3 is 2.43 bits per heavy atom. The summed E-state index contributed by atoms with van der Waals surface area (Å²) in [5, 5.41) is 0. The predicted molar refractivity (Wildman–Crippen MR) is 89.7 cm³/mol. The van der Waals surface area contributed by atoms with Crippen molar-refractivity contribution in [3.63, 3.8) is 0 Å². The molecule has 3 rings (SSSR count). The molecular formula is C20H20O3. The minimum absolute atomic E-state index is 0.0202. The van der Waals surface area contributed by atoms with Gasteiger partial charge in [0, 0.05) is 16.7 Å². The van der Waals surface area contributed by atoms with Gasteiger partial charge in [-0.05, 0) is 18.1 Å². The first-order chi connectivity index (χ1) is 11.2. The highest BCUT2D eigenvalue weighted by Crippen LogP contribution is 2.38. The molecule has 1 aliphatic rings. The number of carbonyl (C=O) groups is 2. The second kappa shape index (κ2) is 6.78. The van der Waals surface area contributed by atoms with Gasteiger partial charge in [-0.3, -0.25) is 4.79 Å². The molecule has 2 aromatic carbocycles. The summed E-state index contributed by atoms with van der Waals surface area (Å²) in [6.07, 6.45) is 4.25. The monoisotopic (exact) mass is 308 g/mol. The minimum Gasteiger partial charge on any atom is -0.462 e. The fraction of sp³-hybridized carbons (Fsp3) is 0.300. The predicted octanol–water partition coefficient (Wildman–Crippen LogP) is 4.64. The molecule has 0 fully saturated rings. The van der Waals surface area contributed by atoms with E-state index in [1.807, 2.05) is 18.2 Å². The Kier molecular flexibility index (Phi) is 4.56. The number of carbonyl (C=O) groups excluding carboxylic acids is 2. The van der Waals surface area contributed by atoms with E-state index >= 15 is 0 Å². The highest BCUT2D eigenvalue weighted by molar-refractivity contribution is 6.24.